The number of allylic oxidation sites excluding steroid dienone is 1. The lowest BCUT2D eigenvalue weighted by molar-refractivity contribution is -0.116. The largest absolute Gasteiger partial charge is 0.493 e. The van der Waals surface area contributed by atoms with E-state index in [1.165, 1.54) is 0 Å². The van der Waals surface area contributed by atoms with Crippen LogP contribution in [0, 0.1) is 6.92 Å². The number of Topliss-reactive ketones (excluding diaryl/α,β-unsaturated/α-hetero) is 1. The van der Waals surface area contributed by atoms with E-state index in [4.69, 9.17) is 14.2 Å². The molecule has 0 bridgehead atoms. The first-order valence-corrected chi connectivity index (χ1v) is 11.8. The Hall–Kier alpha value is -3.93. The fourth-order valence-corrected chi connectivity index (χ4v) is 5.21. The van der Waals surface area contributed by atoms with Crippen molar-refractivity contribution in [3.05, 3.63) is 88.6 Å². The van der Waals surface area contributed by atoms with Gasteiger partial charge in [0, 0.05) is 17.7 Å². The molecule has 6 heteroatoms. The number of anilines is 2. The number of carbonyl (C=O) groups is 1. The number of nitrogens with one attached hydrogen (secondary N) is 2. The molecule has 3 aromatic carbocycles. The van der Waals surface area contributed by atoms with Crippen LogP contribution in [0.2, 0.25) is 0 Å². The second kappa shape index (κ2) is 9.37. The summed E-state index contributed by atoms with van der Waals surface area (Å²) in [6.07, 6.45) is 1.09. The number of ether oxygens (including phenoxy) is 3. The van der Waals surface area contributed by atoms with E-state index < -0.39 is 0 Å². The number of ketones is 1. The first-order valence-electron chi connectivity index (χ1n) is 11.8. The maximum Gasteiger partial charge on any atom is 0.203 e. The van der Waals surface area contributed by atoms with E-state index in [-0.39, 0.29) is 17.7 Å². The predicted octanol–water partition coefficient (Wildman–Crippen LogP) is 6.00. The highest BCUT2D eigenvalue weighted by Crippen LogP contribution is 2.47. The third-order valence-corrected chi connectivity index (χ3v) is 6.97. The number of hydrogen-bond donors (Lipinski definition) is 2. The molecule has 1 heterocycles. The number of hydrogen-bond acceptors (Lipinski definition) is 6. The summed E-state index contributed by atoms with van der Waals surface area (Å²) in [5, 5.41) is 7.25. The van der Waals surface area contributed by atoms with E-state index in [9.17, 15) is 4.79 Å². The molecule has 0 spiro atoms. The molecule has 35 heavy (non-hydrogen) atoms. The van der Waals surface area contributed by atoms with Gasteiger partial charge in [0.05, 0.1) is 38.7 Å². The molecule has 2 N–H and O–H groups in total. The molecule has 5 rings (SSSR count). The molecular weight excluding hydrogens is 440 g/mol. The van der Waals surface area contributed by atoms with Gasteiger partial charge >= 0.3 is 0 Å². The molecule has 0 amide bonds. The summed E-state index contributed by atoms with van der Waals surface area (Å²) in [7, 11) is 4.80. The van der Waals surface area contributed by atoms with Crippen LogP contribution in [0.5, 0.6) is 17.2 Å². The second-order valence-electron chi connectivity index (χ2n) is 8.98. The zero-order valence-electron chi connectivity index (χ0n) is 20.5. The van der Waals surface area contributed by atoms with Crippen molar-refractivity contribution in [3.8, 4) is 17.2 Å². The molecule has 0 radical (unpaired) electrons. The first kappa shape index (κ1) is 22.8. The van der Waals surface area contributed by atoms with E-state index in [0.29, 0.717) is 30.1 Å². The fraction of sp³-hybridized carbons (Fsp3) is 0.276. The molecule has 2 aliphatic rings. The number of rotatable bonds is 5. The lowest BCUT2D eigenvalue weighted by atomic mass is 9.78. The minimum absolute atomic E-state index is 0.0229. The van der Waals surface area contributed by atoms with E-state index in [1.54, 1.807) is 21.3 Å². The van der Waals surface area contributed by atoms with Gasteiger partial charge in [-0.1, -0.05) is 36.4 Å². The number of methoxy groups -OCH3 is 3. The molecule has 1 aliphatic heterocycles. The lowest BCUT2D eigenvalue weighted by Crippen LogP contribution is -2.27. The summed E-state index contributed by atoms with van der Waals surface area (Å²) < 4.78 is 16.6. The highest BCUT2D eigenvalue weighted by Gasteiger charge is 2.37. The molecule has 2 unspecified atom stereocenters. The summed E-state index contributed by atoms with van der Waals surface area (Å²) in [5.41, 5.74) is 6.94. The standard InChI is InChI=1S/C29H30N2O4/c1-17-9-5-6-10-20(17)28-27-23(30-21-11-7-8-12-22(21)31-28)13-18(14-24(27)32)19-15-25(33-2)29(35-4)26(16-19)34-3/h5-12,15-16,18,28,30-31H,13-14H2,1-4H3. The van der Waals surface area contributed by atoms with E-state index in [0.717, 1.165) is 39.3 Å². The Morgan fingerprint density at radius 1 is 0.829 bits per heavy atom. The van der Waals surface area contributed by atoms with Gasteiger partial charge in [-0.2, -0.15) is 0 Å². The monoisotopic (exact) mass is 470 g/mol. The van der Waals surface area contributed by atoms with Crippen LogP contribution in [0.3, 0.4) is 0 Å². The Labute approximate surface area is 205 Å². The fourth-order valence-electron chi connectivity index (χ4n) is 5.21. The van der Waals surface area contributed by atoms with Gasteiger partial charge in [0.25, 0.3) is 0 Å². The molecule has 0 saturated heterocycles. The highest BCUT2D eigenvalue weighted by molar-refractivity contribution is 6.01. The number of aryl methyl sites for hydroxylation is 1. The Bertz CT molecular complexity index is 1290. The molecular formula is C29H30N2O4. The summed E-state index contributed by atoms with van der Waals surface area (Å²) >= 11 is 0. The first-order chi connectivity index (χ1) is 17.0. The van der Waals surface area contributed by atoms with Crippen LogP contribution in [0.25, 0.3) is 0 Å². The van der Waals surface area contributed by atoms with Crippen LogP contribution in [0.1, 0.15) is 41.5 Å². The molecule has 0 saturated carbocycles. The summed E-state index contributed by atoms with van der Waals surface area (Å²) in [6.45, 7) is 2.09. The third kappa shape index (κ3) is 4.09. The van der Waals surface area contributed by atoms with Crippen molar-refractivity contribution >= 4 is 17.2 Å². The van der Waals surface area contributed by atoms with Crippen LogP contribution in [-0.4, -0.2) is 27.1 Å². The van der Waals surface area contributed by atoms with Gasteiger partial charge in [-0.05, 0) is 60.2 Å². The topological polar surface area (TPSA) is 68.8 Å². The zero-order valence-corrected chi connectivity index (χ0v) is 20.5. The van der Waals surface area contributed by atoms with Crippen molar-refractivity contribution in [2.75, 3.05) is 32.0 Å². The van der Waals surface area contributed by atoms with Crippen molar-refractivity contribution in [2.45, 2.75) is 31.7 Å². The number of carbonyl (C=O) groups excluding carboxylic acids is 1. The Balaban J connectivity index is 1.61. The van der Waals surface area contributed by atoms with Crippen molar-refractivity contribution in [3.63, 3.8) is 0 Å². The Morgan fingerprint density at radius 2 is 1.49 bits per heavy atom. The number of fused-ring (bicyclic) bond motifs is 1. The number of benzene rings is 3. The van der Waals surface area contributed by atoms with Crippen molar-refractivity contribution in [1.29, 1.82) is 0 Å². The van der Waals surface area contributed by atoms with Crippen LogP contribution in [0.15, 0.2) is 71.9 Å². The average molecular weight is 471 g/mol. The van der Waals surface area contributed by atoms with Crippen LogP contribution < -0.4 is 24.8 Å². The molecule has 6 nitrogen and oxygen atoms in total. The van der Waals surface area contributed by atoms with E-state index >= 15 is 0 Å². The summed E-state index contributed by atoms with van der Waals surface area (Å²) in [5.74, 6) is 1.84. The van der Waals surface area contributed by atoms with E-state index in [2.05, 4.69) is 29.7 Å². The quantitative estimate of drug-likeness (QED) is 0.477. The maximum atomic E-state index is 13.8. The summed E-state index contributed by atoms with van der Waals surface area (Å²) in [6, 6.07) is 20.0. The van der Waals surface area contributed by atoms with Crippen molar-refractivity contribution < 1.29 is 19.0 Å². The SMILES string of the molecule is COc1cc(C2CC(=O)C3=C(C2)Nc2ccccc2NC3c2ccccc2C)cc(OC)c1OC. The van der Waals surface area contributed by atoms with Gasteiger partial charge in [0.15, 0.2) is 17.3 Å². The lowest BCUT2D eigenvalue weighted by Gasteiger charge is -2.31. The van der Waals surface area contributed by atoms with E-state index in [1.807, 2.05) is 48.5 Å². The average Bonchev–Trinajstić information content (AvgIpc) is 3.04. The predicted molar refractivity (Wildman–Crippen MR) is 138 cm³/mol. The highest BCUT2D eigenvalue weighted by atomic mass is 16.5. The van der Waals surface area contributed by atoms with Crippen LogP contribution in [-0.2, 0) is 4.79 Å². The zero-order chi connectivity index (χ0) is 24.5. The van der Waals surface area contributed by atoms with Crippen LogP contribution >= 0.6 is 0 Å². The Kier molecular flexibility index (Phi) is 6.12. The van der Waals surface area contributed by atoms with Gasteiger partial charge in [0.1, 0.15) is 0 Å². The molecule has 0 fully saturated rings. The van der Waals surface area contributed by atoms with Crippen molar-refractivity contribution in [1.82, 2.24) is 0 Å². The van der Waals surface area contributed by atoms with Gasteiger partial charge in [-0.15, -0.1) is 0 Å². The molecule has 2 atom stereocenters. The minimum atomic E-state index is -0.226. The Morgan fingerprint density at radius 3 is 2.14 bits per heavy atom. The minimum Gasteiger partial charge on any atom is -0.493 e. The summed E-state index contributed by atoms with van der Waals surface area (Å²) in [4.78, 5) is 13.8. The maximum absolute atomic E-state index is 13.8. The van der Waals surface area contributed by atoms with Gasteiger partial charge < -0.3 is 24.8 Å². The smallest absolute Gasteiger partial charge is 0.203 e. The van der Waals surface area contributed by atoms with Gasteiger partial charge in [0.2, 0.25) is 5.75 Å². The number of para-hydroxylation sites is 2. The molecule has 180 valence electrons. The second-order valence-corrected chi connectivity index (χ2v) is 8.98. The molecule has 3 aromatic rings. The van der Waals surface area contributed by atoms with Gasteiger partial charge in [-0.3, -0.25) is 4.79 Å². The van der Waals surface area contributed by atoms with Gasteiger partial charge in [-0.25, -0.2) is 0 Å². The normalized spacial score (nSPS) is 19.0. The third-order valence-electron chi connectivity index (χ3n) is 6.97. The molecule has 0 aromatic heterocycles. The van der Waals surface area contributed by atoms with Crippen molar-refractivity contribution in [2.24, 2.45) is 0 Å². The van der Waals surface area contributed by atoms with Crippen LogP contribution in [0.4, 0.5) is 11.4 Å². The molecule has 1 aliphatic carbocycles.